The first-order valence-electron chi connectivity index (χ1n) is 8.62. The second kappa shape index (κ2) is 7.16. The zero-order chi connectivity index (χ0) is 16.2. The van der Waals surface area contributed by atoms with Gasteiger partial charge in [-0.2, -0.15) is 0 Å². The molecule has 4 nitrogen and oxygen atoms in total. The predicted molar refractivity (Wildman–Crippen MR) is 95.8 cm³/mol. The summed E-state index contributed by atoms with van der Waals surface area (Å²) in [6, 6.07) is 13.0. The maximum atomic E-state index is 5.86. The summed E-state index contributed by atoms with van der Waals surface area (Å²) in [6.07, 6.45) is 6.85. The SMILES string of the molecule is c1cncc(CN2CCOCC(Cc3ccc4[nH]ccc4c3)C2)c1. The Balaban J connectivity index is 1.43. The van der Waals surface area contributed by atoms with Gasteiger partial charge in [0, 0.05) is 43.7 Å². The maximum absolute atomic E-state index is 5.86. The number of rotatable bonds is 4. The largest absolute Gasteiger partial charge is 0.380 e. The van der Waals surface area contributed by atoms with Gasteiger partial charge in [-0.05, 0) is 53.1 Å². The van der Waals surface area contributed by atoms with Crippen molar-refractivity contribution in [2.24, 2.45) is 5.92 Å². The molecule has 1 fully saturated rings. The standard InChI is InChI=1S/C20H23N3O/c1-2-17(12-21-6-1)13-23-8-9-24-15-18(14-23)10-16-3-4-20-19(11-16)5-7-22-20/h1-7,11-12,18,22H,8-10,13-15H2. The molecule has 4 rings (SSSR count). The van der Waals surface area contributed by atoms with Crippen molar-refractivity contribution in [2.75, 3.05) is 26.3 Å². The minimum absolute atomic E-state index is 0.528. The zero-order valence-electron chi connectivity index (χ0n) is 13.8. The summed E-state index contributed by atoms with van der Waals surface area (Å²) in [5.74, 6) is 0.528. The highest BCUT2D eigenvalue weighted by molar-refractivity contribution is 5.79. The highest BCUT2D eigenvalue weighted by Gasteiger charge is 2.19. The lowest BCUT2D eigenvalue weighted by molar-refractivity contribution is 0.121. The molecule has 3 heterocycles. The van der Waals surface area contributed by atoms with E-state index in [-0.39, 0.29) is 0 Å². The number of nitrogens with zero attached hydrogens (tertiary/aromatic N) is 2. The summed E-state index contributed by atoms with van der Waals surface area (Å²) >= 11 is 0. The summed E-state index contributed by atoms with van der Waals surface area (Å²) < 4.78 is 5.86. The fraction of sp³-hybridized carbons (Fsp3) is 0.350. The molecule has 0 radical (unpaired) electrons. The molecule has 1 saturated heterocycles. The summed E-state index contributed by atoms with van der Waals surface area (Å²) in [4.78, 5) is 9.97. The van der Waals surface area contributed by atoms with Crippen molar-refractivity contribution in [3.05, 3.63) is 66.1 Å². The van der Waals surface area contributed by atoms with Crippen LogP contribution in [0.25, 0.3) is 10.9 Å². The maximum Gasteiger partial charge on any atom is 0.0593 e. The Morgan fingerprint density at radius 2 is 2.21 bits per heavy atom. The Labute approximate surface area is 142 Å². The van der Waals surface area contributed by atoms with Gasteiger partial charge in [0.05, 0.1) is 13.2 Å². The van der Waals surface area contributed by atoms with Crippen LogP contribution in [0.2, 0.25) is 0 Å². The molecule has 3 aromatic rings. The molecule has 0 amide bonds. The van der Waals surface area contributed by atoms with Gasteiger partial charge in [0.1, 0.15) is 0 Å². The van der Waals surface area contributed by atoms with Crippen LogP contribution in [0.1, 0.15) is 11.1 Å². The zero-order valence-corrected chi connectivity index (χ0v) is 13.8. The van der Waals surface area contributed by atoms with Crippen molar-refractivity contribution in [2.45, 2.75) is 13.0 Å². The summed E-state index contributed by atoms with van der Waals surface area (Å²) in [6.45, 7) is 4.66. The average molecular weight is 321 g/mol. The molecule has 24 heavy (non-hydrogen) atoms. The number of benzene rings is 1. The van der Waals surface area contributed by atoms with E-state index < -0.39 is 0 Å². The normalized spacial score (nSPS) is 19.4. The van der Waals surface area contributed by atoms with Crippen LogP contribution in [-0.4, -0.2) is 41.2 Å². The lowest BCUT2D eigenvalue weighted by Gasteiger charge is -2.23. The Hall–Kier alpha value is -2.17. The van der Waals surface area contributed by atoms with Crippen LogP contribution in [0, 0.1) is 5.92 Å². The van der Waals surface area contributed by atoms with E-state index in [1.165, 1.54) is 22.0 Å². The minimum Gasteiger partial charge on any atom is -0.380 e. The molecule has 1 aromatic carbocycles. The molecule has 0 saturated carbocycles. The van der Waals surface area contributed by atoms with Crippen LogP contribution in [0.3, 0.4) is 0 Å². The minimum atomic E-state index is 0.528. The summed E-state index contributed by atoms with van der Waals surface area (Å²) in [7, 11) is 0. The molecule has 0 aliphatic carbocycles. The molecule has 1 unspecified atom stereocenters. The molecule has 0 spiro atoms. The van der Waals surface area contributed by atoms with Crippen molar-refractivity contribution in [3.8, 4) is 0 Å². The van der Waals surface area contributed by atoms with E-state index in [0.717, 1.165) is 39.3 Å². The molecule has 2 aromatic heterocycles. The summed E-state index contributed by atoms with van der Waals surface area (Å²) in [5, 5.41) is 1.29. The first-order valence-corrected chi connectivity index (χ1v) is 8.62. The second-order valence-corrected chi connectivity index (χ2v) is 6.64. The number of H-pyrrole nitrogens is 1. The van der Waals surface area contributed by atoms with Crippen LogP contribution in [0.5, 0.6) is 0 Å². The number of aromatic nitrogens is 2. The molecule has 1 aliphatic heterocycles. The third-order valence-corrected chi connectivity index (χ3v) is 4.69. The van der Waals surface area contributed by atoms with E-state index in [2.05, 4.69) is 45.2 Å². The lowest BCUT2D eigenvalue weighted by atomic mass is 9.98. The molecular formula is C20H23N3O. The highest BCUT2D eigenvalue weighted by Crippen LogP contribution is 2.19. The van der Waals surface area contributed by atoms with E-state index in [1.54, 1.807) is 0 Å². The van der Waals surface area contributed by atoms with Gasteiger partial charge in [-0.3, -0.25) is 9.88 Å². The summed E-state index contributed by atoms with van der Waals surface area (Å²) in [5.41, 5.74) is 3.86. The Bertz CT molecular complexity index is 784. The smallest absolute Gasteiger partial charge is 0.0593 e. The van der Waals surface area contributed by atoms with Gasteiger partial charge in [0.15, 0.2) is 0 Å². The average Bonchev–Trinajstić information content (AvgIpc) is 2.96. The second-order valence-electron chi connectivity index (χ2n) is 6.64. The number of hydrogen-bond acceptors (Lipinski definition) is 3. The molecular weight excluding hydrogens is 298 g/mol. The fourth-order valence-corrected chi connectivity index (χ4v) is 3.53. The van der Waals surface area contributed by atoms with Crippen LogP contribution in [0.4, 0.5) is 0 Å². The van der Waals surface area contributed by atoms with Crippen molar-refractivity contribution >= 4 is 10.9 Å². The van der Waals surface area contributed by atoms with Crippen molar-refractivity contribution in [3.63, 3.8) is 0 Å². The van der Waals surface area contributed by atoms with Crippen LogP contribution >= 0.6 is 0 Å². The Morgan fingerprint density at radius 1 is 1.21 bits per heavy atom. The fourth-order valence-electron chi connectivity index (χ4n) is 3.53. The van der Waals surface area contributed by atoms with E-state index in [1.807, 2.05) is 24.7 Å². The molecule has 1 N–H and O–H groups in total. The highest BCUT2D eigenvalue weighted by atomic mass is 16.5. The Morgan fingerprint density at radius 3 is 3.12 bits per heavy atom. The van der Waals surface area contributed by atoms with Gasteiger partial charge >= 0.3 is 0 Å². The third kappa shape index (κ3) is 3.66. The quantitative estimate of drug-likeness (QED) is 0.802. The number of nitrogens with one attached hydrogen (secondary N) is 1. The molecule has 1 atom stereocenters. The van der Waals surface area contributed by atoms with E-state index in [0.29, 0.717) is 5.92 Å². The number of aromatic amines is 1. The number of hydrogen-bond donors (Lipinski definition) is 1. The third-order valence-electron chi connectivity index (χ3n) is 4.69. The molecule has 4 heteroatoms. The Kier molecular flexibility index (Phi) is 4.58. The van der Waals surface area contributed by atoms with Crippen molar-refractivity contribution < 1.29 is 4.74 Å². The van der Waals surface area contributed by atoms with Crippen molar-refractivity contribution in [1.29, 1.82) is 0 Å². The topological polar surface area (TPSA) is 41.2 Å². The number of pyridine rings is 1. The van der Waals surface area contributed by atoms with E-state index in [9.17, 15) is 0 Å². The van der Waals surface area contributed by atoms with Gasteiger partial charge < -0.3 is 9.72 Å². The van der Waals surface area contributed by atoms with Crippen LogP contribution < -0.4 is 0 Å². The van der Waals surface area contributed by atoms with Gasteiger partial charge in [-0.25, -0.2) is 0 Å². The van der Waals surface area contributed by atoms with Gasteiger partial charge in [-0.1, -0.05) is 12.1 Å². The molecule has 0 bridgehead atoms. The lowest BCUT2D eigenvalue weighted by Crippen LogP contribution is -2.30. The van der Waals surface area contributed by atoms with Gasteiger partial charge in [0.25, 0.3) is 0 Å². The molecule has 124 valence electrons. The number of fused-ring (bicyclic) bond motifs is 1. The van der Waals surface area contributed by atoms with E-state index in [4.69, 9.17) is 4.74 Å². The predicted octanol–water partition coefficient (Wildman–Crippen LogP) is 3.25. The van der Waals surface area contributed by atoms with Crippen molar-refractivity contribution in [1.82, 2.24) is 14.9 Å². The number of ether oxygens (including phenoxy) is 1. The van der Waals surface area contributed by atoms with Gasteiger partial charge in [-0.15, -0.1) is 0 Å². The monoisotopic (exact) mass is 321 g/mol. The molecule has 1 aliphatic rings. The van der Waals surface area contributed by atoms with Crippen LogP contribution in [0.15, 0.2) is 55.0 Å². The first-order chi connectivity index (χ1) is 11.9. The first kappa shape index (κ1) is 15.4. The van der Waals surface area contributed by atoms with Crippen LogP contribution in [-0.2, 0) is 17.7 Å². The van der Waals surface area contributed by atoms with E-state index >= 15 is 0 Å². The van der Waals surface area contributed by atoms with Gasteiger partial charge in [0.2, 0.25) is 0 Å².